The molecular formula is C12H22O. The molecule has 13 heavy (non-hydrogen) atoms. The van der Waals surface area contributed by atoms with Crippen molar-refractivity contribution in [3.05, 3.63) is 25.3 Å². The minimum absolute atomic E-state index is 0.239. The maximum Gasteiger partial charge on any atom is 0.0732 e. The number of allylic oxidation sites excluding steroid dienone is 1. The van der Waals surface area contributed by atoms with Crippen LogP contribution in [0.5, 0.6) is 0 Å². The van der Waals surface area contributed by atoms with Crippen LogP contribution in [0.15, 0.2) is 25.3 Å². The lowest BCUT2D eigenvalue weighted by molar-refractivity contribution is -0.0490. The molecule has 1 nitrogen and oxygen atoms in total. The van der Waals surface area contributed by atoms with Crippen molar-refractivity contribution in [1.82, 2.24) is 0 Å². The molecule has 0 saturated heterocycles. The Kier molecular flexibility index (Phi) is 5.01. The molecular weight excluding hydrogens is 160 g/mol. The van der Waals surface area contributed by atoms with E-state index in [0.717, 1.165) is 6.42 Å². The van der Waals surface area contributed by atoms with Crippen molar-refractivity contribution in [3.8, 4) is 0 Å². The van der Waals surface area contributed by atoms with Gasteiger partial charge >= 0.3 is 0 Å². The summed E-state index contributed by atoms with van der Waals surface area (Å²) in [4.78, 5) is 0. The Hall–Kier alpha value is -0.560. The van der Waals surface area contributed by atoms with Crippen LogP contribution < -0.4 is 0 Å². The van der Waals surface area contributed by atoms with Crippen molar-refractivity contribution in [2.75, 3.05) is 0 Å². The summed E-state index contributed by atoms with van der Waals surface area (Å²) in [6.45, 7) is 13.5. The predicted molar refractivity (Wildman–Crippen MR) is 58.6 cm³/mol. The quantitative estimate of drug-likeness (QED) is 0.626. The number of rotatable bonds is 6. The van der Waals surface area contributed by atoms with Crippen LogP contribution in [0.25, 0.3) is 0 Å². The second kappa shape index (κ2) is 5.23. The molecule has 0 spiro atoms. The molecule has 0 heterocycles. The van der Waals surface area contributed by atoms with Crippen LogP contribution >= 0.6 is 0 Å². The fourth-order valence-electron chi connectivity index (χ4n) is 1.69. The Bertz CT molecular complexity index is 172. The lowest BCUT2D eigenvalue weighted by Crippen LogP contribution is -2.41. The highest BCUT2D eigenvalue weighted by atomic mass is 16.3. The smallest absolute Gasteiger partial charge is 0.0732 e. The van der Waals surface area contributed by atoms with Crippen LogP contribution in [0.4, 0.5) is 0 Å². The third-order valence-electron chi connectivity index (χ3n) is 2.84. The van der Waals surface area contributed by atoms with Crippen molar-refractivity contribution in [3.63, 3.8) is 0 Å². The van der Waals surface area contributed by atoms with E-state index in [2.05, 4.69) is 20.1 Å². The SMILES string of the molecule is C=CCC(C)[C@](O)(CC=C)C(C)C. The number of hydrogen-bond donors (Lipinski definition) is 1. The number of hydrogen-bond acceptors (Lipinski definition) is 1. The summed E-state index contributed by atoms with van der Waals surface area (Å²) in [7, 11) is 0. The van der Waals surface area contributed by atoms with Crippen molar-refractivity contribution in [2.45, 2.75) is 39.2 Å². The van der Waals surface area contributed by atoms with Crippen LogP contribution in [0.3, 0.4) is 0 Å². The van der Waals surface area contributed by atoms with Gasteiger partial charge in [0.05, 0.1) is 5.60 Å². The highest BCUT2D eigenvalue weighted by Crippen LogP contribution is 2.32. The molecule has 1 heteroatoms. The van der Waals surface area contributed by atoms with E-state index in [1.165, 1.54) is 0 Å². The molecule has 0 aromatic heterocycles. The Morgan fingerprint density at radius 3 is 2.08 bits per heavy atom. The first-order valence-corrected chi connectivity index (χ1v) is 4.93. The van der Waals surface area contributed by atoms with Crippen LogP contribution in [0.1, 0.15) is 33.6 Å². The molecule has 0 aliphatic rings. The van der Waals surface area contributed by atoms with E-state index in [0.29, 0.717) is 6.42 Å². The molecule has 0 aromatic carbocycles. The molecule has 0 aromatic rings. The van der Waals surface area contributed by atoms with Gasteiger partial charge in [-0.15, -0.1) is 13.2 Å². The maximum atomic E-state index is 10.4. The molecule has 0 fully saturated rings. The van der Waals surface area contributed by atoms with Gasteiger partial charge in [0, 0.05) is 0 Å². The predicted octanol–water partition coefficient (Wildman–Crippen LogP) is 3.16. The first-order valence-electron chi connectivity index (χ1n) is 4.93. The molecule has 1 N–H and O–H groups in total. The van der Waals surface area contributed by atoms with Crippen molar-refractivity contribution >= 4 is 0 Å². The molecule has 0 aliphatic carbocycles. The molecule has 2 atom stereocenters. The van der Waals surface area contributed by atoms with E-state index in [9.17, 15) is 5.11 Å². The summed E-state index contributed by atoms with van der Waals surface area (Å²) in [6, 6.07) is 0. The summed E-state index contributed by atoms with van der Waals surface area (Å²) >= 11 is 0. The average Bonchev–Trinajstić information content (AvgIpc) is 2.04. The zero-order valence-electron chi connectivity index (χ0n) is 9.09. The first-order chi connectivity index (χ1) is 5.99. The zero-order valence-corrected chi connectivity index (χ0v) is 9.09. The van der Waals surface area contributed by atoms with Gasteiger partial charge in [-0.2, -0.15) is 0 Å². The molecule has 0 radical (unpaired) electrons. The van der Waals surface area contributed by atoms with E-state index in [1.54, 1.807) is 6.08 Å². The van der Waals surface area contributed by atoms with Crippen molar-refractivity contribution in [2.24, 2.45) is 11.8 Å². The highest BCUT2D eigenvalue weighted by molar-refractivity contribution is 4.94. The molecule has 0 saturated carbocycles. The fraction of sp³-hybridized carbons (Fsp3) is 0.667. The van der Waals surface area contributed by atoms with E-state index in [-0.39, 0.29) is 11.8 Å². The first kappa shape index (κ1) is 12.4. The minimum Gasteiger partial charge on any atom is -0.389 e. The van der Waals surface area contributed by atoms with Gasteiger partial charge in [-0.05, 0) is 24.7 Å². The largest absolute Gasteiger partial charge is 0.389 e. The molecule has 0 aliphatic heterocycles. The number of aliphatic hydroxyl groups is 1. The summed E-state index contributed by atoms with van der Waals surface area (Å²) in [5, 5.41) is 10.4. The van der Waals surface area contributed by atoms with Gasteiger partial charge in [0.2, 0.25) is 0 Å². The monoisotopic (exact) mass is 182 g/mol. The van der Waals surface area contributed by atoms with Crippen LogP contribution in [-0.4, -0.2) is 10.7 Å². The van der Waals surface area contributed by atoms with Gasteiger partial charge in [-0.3, -0.25) is 0 Å². The van der Waals surface area contributed by atoms with E-state index >= 15 is 0 Å². The van der Waals surface area contributed by atoms with E-state index in [4.69, 9.17) is 0 Å². The van der Waals surface area contributed by atoms with Gasteiger partial charge in [-0.25, -0.2) is 0 Å². The molecule has 0 rings (SSSR count). The van der Waals surface area contributed by atoms with Crippen LogP contribution in [-0.2, 0) is 0 Å². The van der Waals surface area contributed by atoms with Crippen LogP contribution in [0.2, 0.25) is 0 Å². The highest BCUT2D eigenvalue weighted by Gasteiger charge is 2.34. The van der Waals surface area contributed by atoms with Gasteiger partial charge in [-0.1, -0.05) is 32.9 Å². The Balaban J connectivity index is 4.54. The lowest BCUT2D eigenvalue weighted by Gasteiger charge is -2.36. The summed E-state index contributed by atoms with van der Waals surface area (Å²) in [6.07, 6.45) is 5.16. The van der Waals surface area contributed by atoms with Gasteiger partial charge < -0.3 is 5.11 Å². The van der Waals surface area contributed by atoms with Gasteiger partial charge in [0.15, 0.2) is 0 Å². The maximum absolute atomic E-state index is 10.4. The van der Waals surface area contributed by atoms with E-state index < -0.39 is 5.60 Å². The second-order valence-electron chi connectivity index (χ2n) is 4.06. The normalized spacial score (nSPS) is 17.9. The summed E-state index contributed by atoms with van der Waals surface area (Å²) in [5.41, 5.74) is -0.629. The molecule has 0 bridgehead atoms. The van der Waals surface area contributed by atoms with E-state index in [1.807, 2.05) is 19.9 Å². The van der Waals surface area contributed by atoms with Crippen LogP contribution in [0, 0.1) is 11.8 Å². The Morgan fingerprint density at radius 1 is 1.23 bits per heavy atom. The molecule has 76 valence electrons. The molecule has 0 amide bonds. The third-order valence-corrected chi connectivity index (χ3v) is 2.84. The van der Waals surface area contributed by atoms with Gasteiger partial charge in [0.25, 0.3) is 0 Å². The second-order valence-corrected chi connectivity index (χ2v) is 4.06. The average molecular weight is 182 g/mol. The Labute approximate surface area is 82.2 Å². The fourth-order valence-corrected chi connectivity index (χ4v) is 1.69. The Morgan fingerprint density at radius 2 is 1.77 bits per heavy atom. The summed E-state index contributed by atoms with van der Waals surface area (Å²) < 4.78 is 0. The van der Waals surface area contributed by atoms with Crippen molar-refractivity contribution < 1.29 is 5.11 Å². The van der Waals surface area contributed by atoms with Crippen molar-refractivity contribution in [1.29, 1.82) is 0 Å². The summed E-state index contributed by atoms with van der Waals surface area (Å²) in [5.74, 6) is 0.489. The molecule has 1 unspecified atom stereocenters. The lowest BCUT2D eigenvalue weighted by atomic mass is 9.76. The van der Waals surface area contributed by atoms with Gasteiger partial charge in [0.1, 0.15) is 0 Å². The zero-order chi connectivity index (χ0) is 10.5. The standard InChI is InChI=1S/C12H22O/c1-6-8-11(5)12(13,9-7-2)10(3)4/h6-7,10-11,13H,1-2,8-9H2,3-5H3/t11?,12-/m0/s1. The third kappa shape index (κ3) is 3.00. The minimum atomic E-state index is -0.629. The topological polar surface area (TPSA) is 20.2 Å².